The predicted molar refractivity (Wildman–Crippen MR) is 241 cm³/mol. The van der Waals surface area contributed by atoms with E-state index in [2.05, 4.69) is 37.4 Å². The van der Waals surface area contributed by atoms with Gasteiger partial charge in [-0.05, 0) is 51.4 Å². The number of esters is 1. The van der Waals surface area contributed by atoms with Crippen LogP contribution in [0.3, 0.4) is 0 Å². The Hall–Kier alpha value is -1.92. The zero-order chi connectivity index (χ0) is 40.8. The molecule has 0 rings (SSSR count). The van der Waals surface area contributed by atoms with E-state index in [-0.39, 0.29) is 18.5 Å². The van der Waals surface area contributed by atoms with Crippen LogP contribution in [0.25, 0.3) is 0 Å². The molecule has 0 aromatic heterocycles. The topological polar surface area (TPSA) is 95.9 Å². The zero-order valence-corrected chi connectivity index (χ0v) is 37.1. The molecular formula is C50H93NO5. The highest BCUT2D eigenvalue weighted by molar-refractivity contribution is 5.76. The molecule has 0 saturated carbocycles. The van der Waals surface area contributed by atoms with E-state index < -0.39 is 12.1 Å². The molecule has 0 heterocycles. The number of nitrogens with one attached hydrogen (secondary N) is 1. The lowest BCUT2D eigenvalue weighted by atomic mass is 10.0. The fourth-order valence-electron chi connectivity index (χ4n) is 7.15. The second-order valence-electron chi connectivity index (χ2n) is 16.4. The fourth-order valence-corrected chi connectivity index (χ4v) is 7.15. The third kappa shape index (κ3) is 41.7. The van der Waals surface area contributed by atoms with Gasteiger partial charge in [-0.2, -0.15) is 0 Å². The van der Waals surface area contributed by atoms with E-state index in [1.165, 1.54) is 161 Å². The molecule has 0 radical (unpaired) electrons. The first-order valence-corrected chi connectivity index (χ1v) is 24.3. The minimum atomic E-state index is -0.878. The first-order chi connectivity index (χ1) is 27.5. The lowest BCUT2D eigenvalue weighted by Crippen LogP contribution is -2.45. The number of amides is 1. The summed E-state index contributed by atoms with van der Waals surface area (Å²) in [5.41, 5.74) is 0. The van der Waals surface area contributed by atoms with Crippen LogP contribution >= 0.6 is 0 Å². The summed E-state index contributed by atoms with van der Waals surface area (Å²) in [6.07, 6.45) is 54.3. The maximum absolute atomic E-state index is 12.4. The number of allylic oxidation sites excluding steroid dienone is 5. The van der Waals surface area contributed by atoms with Crippen LogP contribution < -0.4 is 5.32 Å². The van der Waals surface area contributed by atoms with Crippen LogP contribution in [0.5, 0.6) is 0 Å². The largest absolute Gasteiger partial charge is 0.466 e. The lowest BCUT2D eigenvalue weighted by molar-refractivity contribution is -0.143. The molecule has 328 valence electrons. The van der Waals surface area contributed by atoms with E-state index in [9.17, 15) is 19.8 Å². The van der Waals surface area contributed by atoms with Gasteiger partial charge in [-0.3, -0.25) is 9.59 Å². The maximum atomic E-state index is 12.4. The Morgan fingerprint density at radius 1 is 0.500 bits per heavy atom. The number of ether oxygens (including phenoxy) is 1. The molecule has 0 aliphatic rings. The van der Waals surface area contributed by atoms with Crippen molar-refractivity contribution < 1.29 is 24.5 Å². The van der Waals surface area contributed by atoms with E-state index in [1.807, 2.05) is 12.2 Å². The maximum Gasteiger partial charge on any atom is 0.305 e. The van der Waals surface area contributed by atoms with Crippen molar-refractivity contribution in [2.75, 3.05) is 13.2 Å². The molecule has 0 fully saturated rings. The first-order valence-electron chi connectivity index (χ1n) is 24.3. The minimum absolute atomic E-state index is 0.0196. The Labute approximate surface area is 347 Å². The molecule has 2 unspecified atom stereocenters. The van der Waals surface area contributed by atoms with Gasteiger partial charge in [0.1, 0.15) is 0 Å². The summed E-state index contributed by atoms with van der Waals surface area (Å²) in [6, 6.07) is -0.671. The van der Waals surface area contributed by atoms with Gasteiger partial charge in [0, 0.05) is 12.8 Å². The molecule has 0 aliphatic carbocycles. The normalized spacial score (nSPS) is 13.0. The Morgan fingerprint density at radius 3 is 1.39 bits per heavy atom. The molecule has 1 amide bonds. The Bertz CT molecular complexity index is 915. The second kappa shape index (κ2) is 45.8. The van der Waals surface area contributed by atoms with E-state index in [0.29, 0.717) is 25.9 Å². The van der Waals surface area contributed by atoms with Crippen molar-refractivity contribution in [2.24, 2.45) is 0 Å². The van der Waals surface area contributed by atoms with Crippen molar-refractivity contribution in [1.82, 2.24) is 5.32 Å². The summed E-state index contributed by atoms with van der Waals surface area (Å²) in [5, 5.41) is 22.9. The van der Waals surface area contributed by atoms with Crippen LogP contribution in [0.15, 0.2) is 36.5 Å². The summed E-state index contributed by atoms with van der Waals surface area (Å²) in [5.74, 6) is -0.169. The fraction of sp³-hybridized carbons (Fsp3) is 0.840. The number of aliphatic hydroxyl groups is 2. The average molecular weight is 788 g/mol. The molecule has 6 heteroatoms. The Balaban J connectivity index is 3.61. The molecule has 6 nitrogen and oxygen atoms in total. The number of hydrogen-bond acceptors (Lipinski definition) is 5. The van der Waals surface area contributed by atoms with Gasteiger partial charge < -0.3 is 20.3 Å². The highest BCUT2D eigenvalue weighted by Crippen LogP contribution is 2.15. The summed E-state index contributed by atoms with van der Waals surface area (Å²) in [7, 11) is 0. The number of carbonyl (C=O) groups excluding carboxylic acids is 2. The van der Waals surface area contributed by atoms with Gasteiger partial charge in [0.05, 0.1) is 25.4 Å². The van der Waals surface area contributed by atoms with Gasteiger partial charge in [0.15, 0.2) is 0 Å². The van der Waals surface area contributed by atoms with Gasteiger partial charge in [-0.25, -0.2) is 0 Å². The Morgan fingerprint density at radius 2 is 0.911 bits per heavy atom. The first kappa shape index (κ1) is 54.1. The molecule has 0 aromatic rings. The van der Waals surface area contributed by atoms with Crippen LogP contribution in [0.2, 0.25) is 0 Å². The van der Waals surface area contributed by atoms with Crippen LogP contribution in [0.1, 0.15) is 245 Å². The lowest BCUT2D eigenvalue weighted by Gasteiger charge is -2.19. The van der Waals surface area contributed by atoms with Gasteiger partial charge in [-0.1, -0.05) is 217 Å². The molecule has 0 spiro atoms. The summed E-state index contributed by atoms with van der Waals surface area (Å²) >= 11 is 0. The van der Waals surface area contributed by atoms with Gasteiger partial charge >= 0.3 is 5.97 Å². The Kier molecular flexibility index (Phi) is 44.2. The molecule has 2 atom stereocenters. The molecule has 0 saturated heterocycles. The van der Waals surface area contributed by atoms with Crippen LogP contribution in [0.4, 0.5) is 0 Å². The quantitative estimate of drug-likeness (QED) is 0.0325. The summed E-state index contributed by atoms with van der Waals surface area (Å²) in [6.45, 7) is 4.82. The number of hydrogen-bond donors (Lipinski definition) is 3. The van der Waals surface area contributed by atoms with Crippen molar-refractivity contribution in [1.29, 1.82) is 0 Å². The number of rotatable bonds is 44. The summed E-state index contributed by atoms with van der Waals surface area (Å²) < 4.78 is 5.43. The average Bonchev–Trinajstić information content (AvgIpc) is 3.20. The summed E-state index contributed by atoms with van der Waals surface area (Å²) in [4.78, 5) is 24.3. The van der Waals surface area contributed by atoms with E-state index in [1.54, 1.807) is 6.08 Å². The SMILES string of the molecule is CCCCCCCCCCCCCCC/C=C/C(O)C(CO)NC(=O)CC/C=C\C/C=C\CCCCCCCCOC(=O)CCCCCCCCCCCCC. The van der Waals surface area contributed by atoms with E-state index in [4.69, 9.17) is 4.74 Å². The molecule has 56 heavy (non-hydrogen) atoms. The van der Waals surface area contributed by atoms with Crippen LogP contribution in [0, 0.1) is 0 Å². The standard InChI is InChI=1S/C50H93NO5/c1-3-5-7-9-11-13-15-16-17-19-23-26-30-34-38-42-48(53)47(46-52)51-49(54)43-39-35-31-27-24-20-18-21-25-29-33-37-41-45-56-50(55)44-40-36-32-28-22-14-12-10-8-6-4-2/h20,24,31,35,38,42,47-48,52-53H,3-19,21-23,25-30,32-34,36-37,39-41,43-46H2,1-2H3,(H,51,54)/b24-20-,35-31-,42-38+. The van der Waals surface area contributed by atoms with E-state index >= 15 is 0 Å². The van der Waals surface area contributed by atoms with Crippen LogP contribution in [-0.2, 0) is 14.3 Å². The second-order valence-corrected chi connectivity index (χ2v) is 16.4. The number of unbranched alkanes of at least 4 members (excludes halogenated alkanes) is 29. The monoisotopic (exact) mass is 788 g/mol. The van der Waals surface area contributed by atoms with Crippen molar-refractivity contribution in [2.45, 2.75) is 257 Å². The van der Waals surface area contributed by atoms with Gasteiger partial charge in [-0.15, -0.1) is 0 Å². The predicted octanol–water partition coefficient (Wildman–Crippen LogP) is 14.1. The molecule has 3 N–H and O–H groups in total. The van der Waals surface area contributed by atoms with Crippen molar-refractivity contribution in [3.63, 3.8) is 0 Å². The zero-order valence-electron chi connectivity index (χ0n) is 37.1. The molecule has 0 aliphatic heterocycles. The van der Waals surface area contributed by atoms with Gasteiger partial charge in [0.25, 0.3) is 0 Å². The van der Waals surface area contributed by atoms with Gasteiger partial charge in [0.2, 0.25) is 5.91 Å². The molecular weight excluding hydrogens is 695 g/mol. The number of carbonyl (C=O) groups is 2. The third-order valence-corrected chi connectivity index (χ3v) is 10.9. The molecule has 0 bridgehead atoms. The minimum Gasteiger partial charge on any atom is -0.466 e. The highest BCUT2D eigenvalue weighted by atomic mass is 16.5. The molecule has 0 aromatic carbocycles. The van der Waals surface area contributed by atoms with Crippen molar-refractivity contribution in [3.05, 3.63) is 36.5 Å². The van der Waals surface area contributed by atoms with Crippen LogP contribution in [-0.4, -0.2) is 47.4 Å². The third-order valence-electron chi connectivity index (χ3n) is 10.9. The van der Waals surface area contributed by atoms with E-state index in [0.717, 1.165) is 51.4 Å². The number of aliphatic hydroxyl groups excluding tert-OH is 2. The van der Waals surface area contributed by atoms with Crippen molar-refractivity contribution in [3.8, 4) is 0 Å². The smallest absolute Gasteiger partial charge is 0.305 e. The van der Waals surface area contributed by atoms with Crippen molar-refractivity contribution >= 4 is 11.9 Å². The highest BCUT2D eigenvalue weighted by Gasteiger charge is 2.17.